The Kier molecular flexibility index (Phi) is 2.86. The van der Waals surface area contributed by atoms with Crippen molar-refractivity contribution in [1.82, 2.24) is 0 Å². The molecule has 72 valence electrons. The van der Waals surface area contributed by atoms with Crippen LogP contribution in [0.5, 0.6) is 0 Å². The fourth-order valence-corrected chi connectivity index (χ4v) is 1.72. The maximum absolute atomic E-state index is 11.1. The van der Waals surface area contributed by atoms with Crippen molar-refractivity contribution in [3.63, 3.8) is 0 Å². The van der Waals surface area contributed by atoms with Crippen LogP contribution in [0.2, 0.25) is 0 Å². The number of hydrogen-bond donors (Lipinski definition) is 1. The number of Topliss-reactive ketones (excluding diaryl/α,β-unsaturated/α-hetero) is 1. The Bertz CT molecular complexity index is 276. The third-order valence-corrected chi connectivity index (χ3v) is 2.49. The van der Waals surface area contributed by atoms with Crippen LogP contribution in [-0.2, 0) is 9.59 Å². The Morgan fingerprint density at radius 2 is 2.00 bits per heavy atom. The van der Waals surface area contributed by atoms with Crippen LogP contribution in [0.1, 0.15) is 33.1 Å². The molecular weight excluding hydrogens is 168 g/mol. The van der Waals surface area contributed by atoms with Gasteiger partial charge in [-0.05, 0) is 32.1 Å². The van der Waals surface area contributed by atoms with Crippen molar-refractivity contribution < 1.29 is 14.7 Å². The summed E-state index contributed by atoms with van der Waals surface area (Å²) in [6, 6.07) is 0. The van der Waals surface area contributed by atoms with Crippen LogP contribution >= 0.6 is 0 Å². The number of carboxylic acid groups (broad SMARTS) is 1. The fraction of sp³-hybridized carbons (Fsp3) is 0.600. The molecule has 3 heteroatoms. The lowest BCUT2D eigenvalue weighted by Crippen LogP contribution is -2.17. The van der Waals surface area contributed by atoms with E-state index in [-0.39, 0.29) is 5.78 Å². The Morgan fingerprint density at radius 3 is 2.46 bits per heavy atom. The van der Waals surface area contributed by atoms with Gasteiger partial charge in [0, 0.05) is 11.1 Å². The summed E-state index contributed by atoms with van der Waals surface area (Å²) in [4.78, 5) is 21.9. The van der Waals surface area contributed by atoms with Crippen molar-refractivity contribution in [1.29, 1.82) is 0 Å². The summed E-state index contributed by atoms with van der Waals surface area (Å²) in [5.74, 6) is -0.643. The molecule has 0 radical (unpaired) electrons. The van der Waals surface area contributed by atoms with Crippen molar-refractivity contribution in [2.24, 2.45) is 5.92 Å². The van der Waals surface area contributed by atoms with Crippen LogP contribution in [0.15, 0.2) is 11.1 Å². The summed E-state index contributed by atoms with van der Waals surface area (Å²) in [5.41, 5.74) is 0.844. The van der Waals surface area contributed by atoms with E-state index in [1.165, 1.54) is 6.92 Å². The van der Waals surface area contributed by atoms with Gasteiger partial charge in [0.2, 0.25) is 0 Å². The van der Waals surface area contributed by atoms with Gasteiger partial charge in [-0.1, -0.05) is 6.92 Å². The molecule has 0 saturated heterocycles. The van der Waals surface area contributed by atoms with Crippen molar-refractivity contribution in [2.45, 2.75) is 33.1 Å². The summed E-state index contributed by atoms with van der Waals surface area (Å²) in [6.07, 6.45) is 2.08. The Labute approximate surface area is 77.4 Å². The molecule has 1 unspecified atom stereocenters. The average Bonchev–Trinajstić information content (AvgIpc) is 2.03. The molecule has 1 N–H and O–H groups in total. The maximum Gasteiger partial charge on any atom is 0.331 e. The third-order valence-electron chi connectivity index (χ3n) is 2.49. The number of ketones is 1. The second-order valence-corrected chi connectivity index (χ2v) is 3.67. The second-order valence-electron chi connectivity index (χ2n) is 3.67. The summed E-state index contributed by atoms with van der Waals surface area (Å²) in [5, 5.41) is 8.87. The van der Waals surface area contributed by atoms with Gasteiger partial charge < -0.3 is 5.11 Å². The minimum Gasteiger partial charge on any atom is -0.478 e. The average molecular weight is 182 g/mol. The van der Waals surface area contributed by atoms with E-state index in [4.69, 9.17) is 5.11 Å². The van der Waals surface area contributed by atoms with Crippen LogP contribution in [0.25, 0.3) is 0 Å². The van der Waals surface area contributed by atoms with Crippen molar-refractivity contribution in [3.8, 4) is 0 Å². The van der Waals surface area contributed by atoms with Gasteiger partial charge in [-0.25, -0.2) is 4.79 Å². The zero-order chi connectivity index (χ0) is 10.0. The molecule has 13 heavy (non-hydrogen) atoms. The van der Waals surface area contributed by atoms with Gasteiger partial charge >= 0.3 is 5.97 Å². The van der Waals surface area contributed by atoms with E-state index in [1.54, 1.807) is 0 Å². The molecule has 0 amide bonds. The predicted molar refractivity (Wildman–Crippen MR) is 48.4 cm³/mol. The zero-order valence-corrected chi connectivity index (χ0v) is 7.96. The van der Waals surface area contributed by atoms with Crippen molar-refractivity contribution >= 4 is 11.8 Å². The summed E-state index contributed by atoms with van der Waals surface area (Å²) in [7, 11) is 0. The monoisotopic (exact) mass is 182 g/mol. The first-order chi connectivity index (χ1) is 6.02. The lowest BCUT2D eigenvalue weighted by molar-refractivity contribution is -0.133. The number of aliphatic carboxylic acids is 1. The molecule has 3 nitrogen and oxygen atoms in total. The van der Waals surface area contributed by atoms with E-state index in [0.717, 1.165) is 6.42 Å². The minimum atomic E-state index is -0.934. The molecule has 1 rings (SSSR count). The number of allylic oxidation sites excluding steroid dienone is 1. The molecule has 0 saturated carbocycles. The first kappa shape index (κ1) is 9.96. The van der Waals surface area contributed by atoms with Crippen LogP contribution in [0.4, 0.5) is 0 Å². The molecular formula is C10H14O3. The third kappa shape index (κ3) is 2.17. The van der Waals surface area contributed by atoms with Crippen molar-refractivity contribution in [3.05, 3.63) is 11.1 Å². The van der Waals surface area contributed by atoms with Crippen molar-refractivity contribution in [2.75, 3.05) is 0 Å². The molecule has 1 aliphatic rings. The highest BCUT2D eigenvalue weighted by atomic mass is 16.4. The maximum atomic E-state index is 11.1. The fourth-order valence-electron chi connectivity index (χ4n) is 1.72. The zero-order valence-electron chi connectivity index (χ0n) is 7.96. The predicted octanol–water partition coefficient (Wildman–Crippen LogP) is 1.78. The van der Waals surface area contributed by atoms with Crippen LogP contribution < -0.4 is 0 Å². The van der Waals surface area contributed by atoms with E-state index < -0.39 is 5.97 Å². The number of rotatable bonds is 2. The first-order valence-corrected chi connectivity index (χ1v) is 4.48. The highest BCUT2D eigenvalue weighted by molar-refractivity contribution is 6.02. The normalized spacial score (nSPS) is 23.1. The molecule has 0 aromatic rings. The van der Waals surface area contributed by atoms with Gasteiger partial charge in [-0.15, -0.1) is 0 Å². The molecule has 1 aliphatic carbocycles. The Morgan fingerprint density at radius 1 is 1.38 bits per heavy atom. The SMILES string of the molecule is CC(=O)C1=C(C(=O)O)CC(C)CC1. The summed E-state index contributed by atoms with van der Waals surface area (Å²) >= 11 is 0. The van der Waals surface area contributed by atoms with E-state index in [1.807, 2.05) is 6.92 Å². The van der Waals surface area contributed by atoms with E-state index >= 15 is 0 Å². The van der Waals surface area contributed by atoms with Gasteiger partial charge in [0.1, 0.15) is 0 Å². The molecule has 0 aromatic carbocycles. The standard InChI is InChI=1S/C10H14O3/c1-6-3-4-8(7(2)11)9(5-6)10(12)13/h6H,3-5H2,1-2H3,(H,12,13). The van der Waals surface area contributed by atoms with Gasteiger partial charge in [-0.3, -0.25) is 4.79 Å². The number of carbonyl (C=O) groups excluding carboxylic acids is 1. The number of carboxylic acids is 1. The highest BCUT2D eigenvalue weighted by Crippen LogP contribution is 2.29. The minimum absolute atomic E-state index is 0.0932. The molecule has 0 aliphatic heterocycles. The first-order valence-electron chi connectivity index (χ1n) is 4.48. The molecule has 1 atom stereocenters. The quantitative estimate of drug-likeness (QED) is 0.708. The highest BCUT2D eigenvalue weighted by Gasteiger charge is 2.24. The second kappa shape index (κ2) is 3.73. The summed E-state index contributed by atoms with van der Waals surface area (Å²) in [6.45, 7) is 3.45. The largest absolute Gasteiger partial charge is 0.478 e. The number of carbonyl (C=O) groups is 2. The molecule has 0 heterocycles. The van der Waals surface area contributed by atoms with Gasteiger partial charge in [0.05, 0.1) is 0 Å². The van der Waals surface area contributed by atoms with E-state index in [0.29, 0.717) is 29.9 Å². The Balaban J connectivity index is 3.01. The van der Waals surface area contributed by atoms with Gasteiger partial charge in [0.15, 0.2) is 5.78 Å². The lowest BCUT2D eigenvalue weighted by atomic mass is 9.83. The summed E-state index contributed by atoms with van der Waals surface area (Å²) < 4.78 is 0. The topological polar surface area (TPSA) is 54.4 Å². The van der Waals surface area contributed by atoms with Crippen LogP contribution in [-0.4, -0.2) is 16.9 Å². The lowest BCUT2D eigenvalue weighted by Gasteiger charge is -2.20. The van der Waals surface area contributed by atoms with Crippen LogP contribution in [0.3, 0.4) is 0 Å². The smallest absolute Gasteiger partial charge is 0.331 e. The van der Waals surface area contributed by atoms with E-state index in [9.17, 15) is 9.59 Å². The molecule has 0 spiro atoms. The molecule has 0 aromatic heterocycles. The molecule has 0 fully saturated rings. The number of hydrogen-bond acceptors (Lipinski definition) is 2. The van der Waals surface area contributed by atoms with E-state index in [2.05, 4.69) is 0 Å². The van der Waals surface area contributed by atoms with Gasteiger partial charge in [0.25, 0.3) is 0 Å². The Hall–Kier alpha value is -1.12. The van der Waals surface area contributed by atoms with Crippen LogP contribution in [0, 0.1) is 5.92 Å². The molecule has 0 bridgehead atoms. The van der Waals surface area contributed by atoms with Gasteiger partial charge in [-0.2, -0.15) is 0 Å².